The van der Waals surface area contributed by atoms with E-state index in [0.29, 0.717) is 6.42 Å². The van der Waals surface area contributed by atoms with Gasteiger partial charge in [-0.2, -0.15) is 0 Å². The lowest BCUT2D eigenvalue weighted by molar-refractivity contribution is -0.119. The molecule has 0 bridgehead atoms. The number of pyridine rings is 1. The number of ketones is 1. The van der Waals surface area contributed by atoms with Crippen LogP contribution in [-0.4, -0.2) is 15.3 Å². The minimum Gasteiger partial charge on any atom is -0.350 e. The first kappa shape index (κ1) is 18.2. The Balaban J connectivity index is 1.53. The number of nitrogens with zero attached hydrogens (tertiary/aromatic N) is 2. The van der Waals surface area contributed by atoms with Crippen molar-refractivity contribution in [2.24, 2.45) is 7.05 Å². The number of aromatic nitrogens is 2. The van der Waals surface area contributed by atoms with Crippen molar-refractivity contribution in [1.29, 1.82) is 0 Å². The quantitative estimate of drug-likeness (QED) is 0.468. The molecule has 1 atom stereocenters. The van der Waals surface area contributed by atoms with E-state index in [2.05, 4.69) is 58.2 Å². The molecule has 0 N–H and O–H groups in total. The summed E-state index contributed by atoms with van der Waals surface area (Å²) in [6.07, 6.45) is 4.36. The highest BCUT2D eigenvalue weighted by Gasteiger charge is 2.20. The van der Waals surface area contributed by atoms with Crippen LogP contribution in [0.1, 0.15) is 29.7 Å². The molecule has 0 radical (unpaired) electrons. The Morgan fingerprint density at radius 1 is 1.04 bits per heavy atom. The Morgan fingerprint density at radius 2 is 1.79 bits per heavy atom. The van der Waals surface area contributed by atoms with Gasteiger partial charge in [-0.25, -0.2) is 0 Å². The number of benzene rings is 2. The van der Waals surface area contributed by atoms with Crippen molar-refractivity contribution in [3.05, 3.63) is 89.9 Å². The molecule has 0 saturated heterocycles. The lowest BCUT2D eigenvalue weighted by Crippen LogP contribution is -2.11. The molecule has 3 heteroatoms. The van der Waals surface area contributed by atoms with Gasteiger partial charge in [-0.05, 0) is 47.4 Å². The number of carbonyl (C=O) groups is 1. The van der Waals surface area contributed by atoms with E-state index >= 15 is 0 Å². The standard InChI is InChI=1S/C25H24N2O/c1-17-14-21(12-13-26-17)20-10-8-19(9-11-20)15-25(28)18(2)23-16-27(3)24-7-5-4-6-22(23)24/h4-14,16,18H,15H2,1-3H3. The van der Waals surface area contributed by atoms with Crippen LogP contribution in [0.3, 0.4) is 0 Å². The van der Waals surface area contributed by atoms with Gasteiger partial charge in [0.2, 0.25) is 0 Å². The van der Waals surface area contributed by atoms with E-state index in [1.165, 1.54) is 0 Å². The largest absolute Gasteiger partial charge is 0.350 e. The van der Waals surface area contributed by atoms with E-state index in [0.717, 1.165) is 38.9 Å². The van der Waals surface area contributed by atoms with Gasteiger partial charge >= 0.3 is 0 Å². The summed E-state index contributed by atoms with van der Waals surface area (Å²) in [4.78, 5) is 17.2. The smallest absolute Gasteiger partial charge is 0.144 e. The Labute approximate surface area is 165 Å². The minimum absolute atomic E-state index is 0.131. The lowest BCUT2D eigenvalue weighted by atomic mass is 9.92. The first-order valence-corrected chi connectivity index (χ1v) is 9.61. The summed E-state index contributed by atoms with van der Waals surface area (Å²) in [5, 5.41) is 1.16. The fourth-order valence-corrected chi connectivity index (χ4v) is 3.79. The second-order valence-corrected chi connectivity index (χ2v) is 7.46. The van der Waals surface area contributed by atoms with Crippen molar-refractivity contribution in [2.75, 3.05) is 0 Å². The Bertz CT molecular complexity index is 1140. The lowest BCUT2D eigenvalue weighted by Gasteiger charge is -2.10. The van der Waals surface area contributed by atoms with Crippen LogP contribution in [0.5, 0.6) is 0 Å². The van der Waals surface area contributed by atoms with Crippen LogP contribution in [0, 0.1) is 6.92 Å². The Kier molecular flexibility index (Phi) is 4.82. The minimum atomic E-state index is -0.131. The zero-order valence-electron chi connectivity index (χ0n) is 16.5. The number of fused-ring (bicyclic) bond motifs is 1. The summed E-state index contributed by atoms with van der Waals surface area (Å²) >= 11 is 0. The van der Waals surface area contributed by atoms with Gasteiger partial charge < -0.3 is 4.57 Å². The molecule has 0 saturated carbocycles. The van der Waals surface area contributed by atoms with Crippen molar-refractivity contribution in [2.45, 2.75) is 26.2 Å². The normalized spacial score (nSPS) is 12.2. The van der Waals surface area contributed by atoms with Gasteiger partial charge in [0.15, 0.2) is 0 Å². The van der Waals surface area contributed by atoms with E-state index in [-0.39, 0.29) is 11.7 Å². The molecule has 4 aromatic rings. The zero-order chi connectivity index (χ0) is 19.7. The van der Waals surface area contributed by atoms with Crippen LogP contribution in [0.25, 0.3) is 22.0 Å². The molecule has 0 aliphatic carbocycles. The van der Waals surface area contributed by atoms with Crippen molar-refractivity contribution in [3.63, 3.8) is 0 Å². The molecule has 0 amide bonds. The molecular formula is C25H24N2O. The van der Waals surface area contributed by atoms with Gasteiger partial charge in [0.05, 0.1) is 0 Å². The predicted molar refractivity (Wildman–Crippen MR) is 114 cm³/mol. The van der Waals surface area contributed by atoms with Gasteiger partial charge in [0.25, 0.3) is 0 Å². The number of hydrogen-bond acceptors (Lipinski definition) is 2. The molecule has 2 aromatic carbocycles. The summed E-state index contributed by atoms with van der Waals surface area (Å²) < 4.78 is 2.10. The molecule has 4 rings (SSSR count). The second-order valence-electron chi connectivity index (χ2n) is 7.46. The van der Waals surface area contributed by atoms with Crippen LogP contribution in [0.15, 0.2) is 73.1 Å². The Morgan fingerprint density at radius 3 is 2.54 bits per heavy atom. The second kappa shape index (κ2) is 7.43. The number of hydrogen-bond donors (Lipinski definition) is 0. The van der Waals surface area contributed by atoms with Gasteiger partial charge in [0.1, 0.15) is 5.78 Å². The summed E-state index contributed by atoms with van der Waals surface area (Å²) in [5.74, 6) is 0.109. The number of rotatable bonds is 5. The molecular weight excluding hydrogens is 344 g/mol. The van der Waals surface area contributed by atoms with Crippen molar-refractivity contribution < 1.29 is 4.79 Å². The average molecular weight is 368 g/mol. The molecule has 2 heterocycles. The van der Waals surface area contributed by atoms with Gasteiger partial charge in [0, 0.05) is 48.4 Å². The SMILES string of the molecule is Cc1cc(-c2ccc(CC(=O)C(C)c3cn(C)c4ccccc34)cc2)ccn1. The number of Topliss-reactive ketones (excluding diaryl/α,β-unsaturated/α-hetero) is 1. The van der Waals surface area contributed by atoms with Crippen LogP contribution in [0.2, 0.25) is 0 Å². The molecule has 28 heavy (non-hydrogen) atoms. The van der Waals surface area contributed by atoms with Crippen LogP contribution >= 0.6 is 0 Å². The highest BCUT2D eigenvalue weighted by atomic mass is 16.1. The maximum absolute atomic E-state index is 12.9. The van der Waals surface area contributed by atoms with E-state index in [1.54, 1.807) is 0 Å². The highest BCUT2D eigenvalue weighted by molar-refractivity contribution is 5.94. The number of carbonyl (C=O) groups excluding carboxylic acids is 1. The topological polar surface area (TPSA) is 34.9 Å². The molecule has 3 nitrogen and oxygen atoms in total. The van der Waals surface area contributed by atoms with E-state index in [9.17, 15) is 4.79 Å². The molecule has 2 aromatic heterocycles. The number of aryl methyl sites for hydroxylation is 2. The average Bonchev–Trinajstić information content (AvgIpc) is 3.05. The van der Waals surface area contributed by atoms with Crippen molar-refractivity contribution >= 4 is 16.7 Å². The summed E-state index contributed by atoms with van der Waals surface area (Å²) in [5.41, 5.74) is 6.60. The molecule has 0 spiro atoms. The monoisotopic (exact) mass is 368 g/mol. The molecule has 0 aliphatic heterocycles. The first-order chi connectivity index (χ1) is 13.5. The highest BCUT2D eigenvalue weighted by Crippen LogP contribution is 2.29. The third-order valence-corrected chi connectivity index (χ3v) is 5.44. The Hall–Kier alpha value is -3.20. The van der Waals surface area contributed by atoms with Gasteiger partial charge in [-0.15, -0.1) is 0 Å². The predicted octanol–water partition coefficient (Wildman–Crippen LogP) is 5.46. The van der Waals surface area contributed by atoms with Crippen LogP contribution in [-0.2, 0) is 18.3 Å². The zero-order valence-corrected chi connectivity index (χ0v) is 16.5. The van der Waals surface area contributed by atoms with E-state index in [1.807, 2.05) is 45.3 Å². The maximum Gasteiger partial charge on any atom is 0.144 e. The third-order valence-electron chi connectivity index (χ3n) is 5.44. The fourth-order valence-electron chi connectivity index (χ4n) is 3.79. The van der Waals surface area contributed by atoms with Crippen molar-refractivity contribution in [3.8, 4) is 11.1 Å². The van der Waals surface area contributed by atoms with Crippen LogP contribution in [0.4, 0.5) is 0 Å². The molecule has 0 aliphatic rings. The van der Waals surface area contributed by atoms with Gasteiger partial charge in [-0.1, -0.05) is 49.4 Å². The fraction of sp³-hybridized carbons (Fsp3) is 0.200. The molecule has 1 unspecified atom stereocenters. The maximum atomic E-state index is 12.9. The van der Waals surface area contributed by atoms with Crippen LogP contribution < -0.4 is 0 Å². The van der Waals surface area contributed by atoms with E-state index < -0.39 is 0 Å². The van der Waals surface area contributed by atoms with E-state index in [4.69, 9.17) is 0 Å². The number of para-hydroxylation sites is 1. The summed E-state index contributed by atoms with van der Waals surface area (Å²) in [6.45, 7) is 4.00. The summed E-state index contributed by atoms with van der Waals surface area (Å²) in [6, 6.07) is 20.6. The first-order valence-electron chi connectivity index (χ1n) is 9.61. The summed E-state index contributed by atoms with van der Waals surface area (Å²) in [7, 11) is 2.03. The molecule has 0 fully saturated rings. The van der Waals surface area contributed by atoms with Gasteiger partial charge in [-0.3, -0.25) is 9.78 Å². The molecule has 140 valence electrons. The third kappa shape index (κ3) is 3.48. The van der Waals surface area contributed by atoms with Crippen molar-refractivity contribution in [1.82, 2.24) is 9.55 Å².